The monoisotopic (exact) mass is 410 g/mol. The van der Waals surface area contributed by atoms with Crippen molar-refractivity contribution in [1.29, 1.82) is 0 Å². The second-order valence-electron chi connectivity index (χ2n) is 4.98. The lowest BCUT2D eigenvalue weighted by molar-refractivity contribution is -0.408. The zero-order valence-corrected chi connectivity index (χ0v) is 13.5. The molecular weight excluding hydrogens is 402 g/mol. The van der Waals surface area contributed by atoms with Crippen LogP contribution in [0.2, 0.25) is 5.04 Å². The molecule has 0 radical (unpaired) electrons. The van der Waals surface area contributed by atoms with Crippen molar-refractivity contribution in [3.63, 3.8) is 0 Å². The van der Waals surface area contributed by atoms with Crippen LogP contribution in [0.5, 0.6) is 0 Å². The summed E-state index contributed by atoms with van der Waals surface area (Å²) in [4.78, 5) is 0. The summed E-state index contributed by atoms with van der Waals surface area (Å²) < 4.78 is 178. The van der Waals surface area contributed by atoms with Crippen molar-refractivity contribution in [2.75, 3.05) is 0 Å². The van der Waals surface area contributed by atoms with Crippen LogP contribution in [0.1, 0.15) is 13.3 Å². The Labute approximate surface area is 127 Å². The van der Waals surface area contributed by atoms with E-state index in [1.807, 2.05) is 0 Å². The highest BCUT2D eigenvalue weighted by atomic mass is 28.1. The van der Waals surface area contributed by atoms with Gasteiger partial charge in [-0.15, -0.1) is 0 Å². The molecule has 0 heterocycles. The third-order valence-electron chi connectivity index (χ3n) is 3.59. The molecular formula is C9H8F14Si. The summed E-state index contributed by atoms with van der Waals surface area (Å²) in [5.41, 5.74) is 0. The fourth-order valence-electron chi connectivity index (χ4n) is 1.69. The van der Waals surface area contributed by atoms with E-state index in [1.165, 1.54) is 0 Å². The van der Waals surface area contributed by atoms with Crippen molar-refractivity contribution >= 4 is 10.2 Å². The molecule has 146 valence electrons. The van der Waals surface area contributed by atoms with Crippen molar-refractivity contribution in [3.05, 3.63) is 0 Å². The quantitative estimate of drug-likeness (QED) is 0.460. The van der Waals surface area contributed by atoms with Gasteiger partial charge in [-0.2, -0.15) is 61.5 Å². The van der Waals surface area contributed by atoms with Crippen LogP contribution in [-0.2, 0) is 0 Å². The lowest BCUT2D eigenvalue weighted by Crippen LogP contribution is -2.68. The minimum absolute atomic E-state index is 0.0771. The van der Waals surface area contributed by atoms with E-state index in [0.29, 0.717) is 0 Å². The first-order chi connectivity index (χ1) is 10.1. The van der Waals surface area contributed by atoms with Gasteiger partial charge in [-0.1, -0.05) is 6.92 Å². The van der Waals surface area contributed by atoms with Crippen molar-refractivity contribution in [3.8, 4) is 0 Å². The van der Waals surface area contributed by atoms with Crippen molar-refractivity contribution in [2.45, 2.75) is 54.4 Å². The highest BCUT2D eigenvalue weighted by molar-refractivity contribution is 6.17. The highest BCUT2D eigenvalue weighted by Crippen LogP contribution is 2.68. The van der Waals surface area contributed by atoms with Gasteiger partial charge in [-0.25, -0.2) is 0 Å². The van der Waals surface area contributed by atoms with E-state index in [9.17, 15) is 61.5 Å². The van der Waals surface area contributed by atoms with Crippen molar-refractivity contribution < 1.29 is 61.5 Å². The molecule has 15 heteroatoms. The third kappa shape index (κ3) is 2.75. The standard InChI is InChI=1S/C9H8F14Si/c1-2-3(24,4(10,11)6(14,15)8(18,19)20)5(12,13)7(16,17)9(21,22)23/h2H2,1,24H3. The molecule has 0 amide bonds. The summed E-state index contributed by atoms with van der Waals surface area (Å²) in [5, 5.41) is -5.25. The van der Waals surface area contributed by atoms with E-state index in [-0.39, 0.29) is 6.92 Å². The summed E-state index contributed by atoms with van der Waals surface area (Å²) in [6.07, 6.45) is -16.5. The Kier molecular flexibility index (Phi) is 5.44. The molecule has 0 fully saturated rings. The largest absolute Gasteiger partial charge is 0.459 e. The first-order valence-corrected chi connectivity index (χ1v) is 6.71. The fourth-order valence-corrected chi connectivity index (χ4v) is 2.32. The smallest absolute Gasteiger partial charge is 0.199 e. The van der Waals surface area contributed by atoms with Crippen LogP contribution in [0.3, 0.4) is 0 Å². The normalized spacial score (nSPS) is 16.6. The lowest BCUT2D eigenvalue weighted by atomic mass is 9.82. The molecule has 0 N–H and O–H groups in total. The van der Waals surface area contributed by atoms with Crippen molar-refractivity contribution in [2.24, 2.45) is 0 Å². The molecule has 0 saturated heterocycles. The Hall–Kier alpha value is -0.763. The Morgan fingerprint density at radius 3 is 0.833 bits per heavy atom. The van der Waals surface area contributed by atoms with E-state index in [4.69, 9.17) is 0 Å². The van der Waals surface area contributed by atoms with Gasteiger partial charge in [0, 0.05) is 10.2 Å². The highest BCUT2D eigenvalue weighted by Gasteiger charge is 2.88. The molecule has 0 aromatic heterocycles. The average molecular weight is 410 g/mol. The molecule has 0 spiro atoms. The molecule has 0 nitrogen and oxygen atoms in total. The average Bonchev–Trinajstić information content (AvgIpc) is 2.33. The van der Waals surface area contributed by atoms with Crippen LogP contribution in [0.25, 0.3) is 0 Å². The van der Waals surface area contributed by atoms with Crippen LogP contribution in [-0.4, -0.2) is 46.3 Å². The Morgan fingerprint density at radius 2 is 0.708 bits per heavy atom. The summed E-state index contributed by atoms with van der Waals surface area (Å²) in [6, 6.07) is 0. The topological polar surface area (TPSA) is 0 Å². The first-order valence-electron chi connectivity index (χ1n) is 5.71. The number of halogens is 14. The van der Waals surface area contributed by atoms with Crippen LogP contribution in [0.4, 0.5) is 61.5 Å². The van der Waals surface area contributed by atoms with Gasteiger partial charge in [0.15, 0.2) is 0 Å². The minimum atomic E-state index is -7.26. The maximum absolute atomic E-state index is 13.5. The van der Waals surface area contributed by atoms with Gasteiger partial charge < -0.3 is 0 Å². The van der Waals surface area contributed by atoms with E-state index >= 15 is 0 Å². The van der Waals surface area contributed by atoms with Crippen LogP contribution >= 0.6 is 0 Å². The number of hydrogen-bond donors (Lipinski definition) is 0. The van der Waals surface area contributed by atoms with Crippen LogP contribution < -0.4 is 0 Å². The maximum atomic E-state index is 13.5. The molecule has 0 rings (SSSR count). The SMILES string of the molecule is CCC([SiH3])(C(F)(F)C(F)(F)C(F)(F)F)C(F)(F)C(F)(F)C(F)(F)F. The van der Waals surface area contributed by atoms with E-state index in [0.717, 1.165) is 0 Å². The number of rotatable bonds is 5. The molecule has 0 bridgehead atoms. The molecule has 0 aromatic carbocycles. The summed E-state index contributed by atoms with van der Waals surface area (Å²) in [5.74, 6) is -28.4. The predicted octanol–water partition coefficient (Wildman–Crippen LogP) is 4.59. The molecule has 24 heavy (non-hydrogen) atoms. The first kappa shape index (κ1) is 23.2. The third-order valence-corrected chi connectivity index (χ3v) is 5.56. The molecule has 0 aromatic rings. The van der Waals surface area contributed by atoms with Gasteiger partial charge in [0.05, 0.1) is 5.04 Å². The van der Waals surface area contributed by atoms with Gasteiger partial charge >= 0.3 is 36.0 Å². The Balaban J connectivity index is 6.60. The van der Waals surface area contributed by atoms with Crippen LogP contribution in [0.15, 0.2) is 0 Å². The van der Waals surface area contributed by atoms with Crippen LogP contribution in [0, 0.1) is 0 Å². The molecule has 0 unspecified atom stereocenters. The predicted molar refractivity (Wildman–Crippen MR) is 54.8 cm³/mol. The van der Waals surface area contributed by atoms with Gasteiger partial charge in [0.25, 0.3) is 0 Å². The van der Waals surface area contributed by atoms with Gasteiger partial charge in [0.2, 0.25) is 0 Å². The zero-order chi connectivity index (χ0) is 20.2. The molecule has 0 aliphatic heterocycles. The summed E-state index contributed by atoms with van der Waals surface area (Å²) in [7, 11) is -2.25. The second-order valence-corrected chi connectivity index (χ2v) is 6.69. The van der Waals surface area contributed by atoms with Gasteiger partial charge in [0.1, 0.15) is 0 Å². The van der Waals surface area contributed by atoms with E-state index < -0.39 is 57.7 Å². The fraction of sp³-hybridized carbons (Fsp3) is 1.00. The van der Waals surface area contributed by atoms with Gasteiger partial charge in [-0.05, 0) is 6.42 Å². The number of alkyl halides is 14. The summed E-state index contributed by atoms with van der Waals surface area (Å²) in [6.45, 7) is 0.0771. The molecule has 0 aliphatic rings. The molecule has 0 aliphatic carbocycles. The van der Waals surface area contributed by atoms with E-state index in [2.05, 4.69) is 0 Å². The number of hydrogen-bond acceptors (Lipinski definition) is 0. The van der Waals surface area contributed by atoms with Gasteiger partial charge in [-0.3, -0.25) is 0 Å². The second kappa shape index (κ2) is 5.62. The Morgan fingerprint density at radius 1 is 0.500 bits per heavy atom. The minimum Gasteiger partial charge on any atom is -0.199 e. The zero-order valence-electron chi connectivity index (χ0n) is 11.5. The summed E-state index contributed by atoms with van der Waals surface area (Å²) >= 11 is 0. The van der Waals surface area contributed by atoms with Crippen molar-refractivity contribution in [1.82, 2.24) is 0 Å². The maximum Gasteiger partial charge on any atom is 0.459 e. The Bertz CT molecular complexity index is 420. The lowest BCUT2D eigenvalue weighted by Gasteiger charge is -2.47. The van der Waals surface area contributed by atoms with E-state index in [1.54, 1.807) is 0 Å². The molecule has 0 atom stereocenters. The molecule has 0 saturated carbocycles.